The molecule has 0 saturated heterocycles. The van der Waals surface area contributed by atoms with Gasteiger partial charge >= 0.3 is 5.97 Å². The largest absolute Gasteiger partial charge is 0.487 e. The normalized spacial score (nSPS) is 20.4. The van der Waals surface area contributed by atoms with Crippen LogP contribution in [0.25, 0.3) is 0 Å². The molecule has 38 heavy (non-hydrogen) atoms. The molecule has 4 atom stereocenters. The molecule has 4 nitrogen and oxygen atoms in total. The van der Waals surface area contributed by atoms with Crippen molar-refractivity contribution >= 4 is 23.9 Å². The summed E-state index contributed by atoms with van der Waals surface area (Å²) in [7, 11) is 0. The molecule has 1 aliphatic heterocycles. The van der Waals surface area contributed by atoms with Gasteiger partial charge < -0.3 is 14.6 Å². The maximum Gasteiger partial charge on any atom is 0.329 e. The van der Waals surface area contributed by atoms with Gasteiger partial charge in [-0.1, -0.05) is 72.6 Å². The van der Waals surface area contributed by atoms with E-state index in [1.807, 2.05) is 20.8 Å². The quantitative estimate of drug-likeness (QED) is 0.165. The number of halogens is 1. The summed E-state index contributed by atoms with van der Waals surface area (Å²) in [6, 6.07) is 0. The minimum Gasteiger partial charge on any atom is -0.487 e. The summed E-state index contributed by atoms with van der Waals surface area (Å²) in [5.41, 5.74) is 3.93. The van der Waals surface area contributed by atoms with Crippen molar-refractivity contribution in [2.24, 2.45) is 17.8 Å². The Balaban J connectivity index is 1.97. The van der Waals surface area contributed by atoms with Crippen LogP contribution in [0.3, 0.4) is 0 Å². The minimum atomic E-state index is -1.75. The average molecular weight is 549 g/mol. The molecule has 1 aromatic carbocycles. The van der Waals surface area contributed by atoms with E-state index in [0.717, 1.165) is 71.4 Å². The van der Waals surface area contributed by atoms with Gasteiger partial charge in [0.15, 0.2) is 4.87 Å². The number of aliphatic carboxylic acids is 1. The standard InChI is InChI=1S/C33H53ClO4/c1-22(2)12-9-13-23(3)14-10-15-24(4)16-11-18-32(8)19-17-28-27(7)29(25(5)26(6)30(28)38-32)33(34,20-21-35)31(36)37/h21-24H,9-20H2,1-8H3,(H,36,37). The summed E-state index contributed by atoms with van der Waals surface area (Å²) in [6.07, 6.45) is 13.5. The molecule has 0 saturated carbocycles. The molecular formula is C33H53ClO4. The molecule has 0 bridgehead atoms. The number of carboxylic acid groups (broad SMARTS) is 1. The molecule has 1 aromatic rings. The third kappa shape index (κ3) is 8.23. The highest BCUT2D eigenvalue weighted by Gasteiger charge is 2.43. The van der Waals surface area contributed by atoms with Crippen molar-refractivity contribution in [2.45, 2.75) is 143 Å². The minimum absolute atomic E-state index is 0.226. The van der Waals surface area contributed by atoms with E-state index in [4.69, 9.17) is 16.3 Å². The predicted octanol–water partition coefficient (Wildman–Crippen LogP) is 9.24. The number of carbonyl (C=O) groups is 2. The Morgan fingerprint density at radius 3 is 2.05 bits per heavy atom. The lowest BCUT2D eigenvalue weighted by atomic mass is 9.79. The van der Waals surface area contributed by atoms with Crippen molar-refractivity contribution in [3.8, 4) is 5.75 Å². The third-order valence-electron chi connectivity index (χ3n) is 9.01. The molecule has 5 heteroatoms. The summed E-state index contributed by atoms with van der Waals surface area (Å²) in [5.74, 6) is 2.08. The van der Waals surface area contributed by atoms with Gasteiger partial charge in [0, 0.05) is 6.42 Å². The van der Waals surface area contributed by atoms with Crippen LogP contribution in [0.2, 0.25) is 0 Å². The highest BCUT2D eigenvalue weighted by molar-refractivity contribution is 6.34. The summed E-state index contributed by atoms with van der Waals surface area (Å²) in [4.78, 5) is 21.7. The van der Waals surface area contributed by atoms with Gasteiger partial charge in [-0.15, -0.1) is 11.6 Å². The fraction of sp³-hybridized carbons (Fsp3) is 0.758. The number of benzene rings is 1. The molecule has 0 radical (unpaired) electrons. The van der Waals surface area contributed by atoms with Gasteiger partial charge in [0.1, 0.15) is 17.6 Å². The number of carbonyl (C=O) groups excluding carboxylic acids is 1. The number of ether oxygens (including phenoxy) is 1. The maximum absolute atomic E-state index is 12.1. The zero-order valence-corrected chi connectivity index (χ0v) is 26.1. The van der Waals surface area contributed by atoms with Crippen molar-refractivity contribution in [3.63, 3.8) is 0 Å². The fourth-order valence-corrected chi connectivity index (χ4v) is 6.64. The Bertz CT molecular complexity index is 955. The van der Waals surface area contributed by atoms with Crippen LogP contribution in [0.1, 0.15) is 133 Å². The van der Waals surface area contributed by atoms with E-state index < -0.39 is 10.8 Å². The summed E-state index contributed by atoms with van der Waals surface area (Å²) in [6.45, 7) is 17.4. The molecule has 0 amide bonds. The first kappa shape index (κ1) is 32.7. The van der Waals surface area contributed by atoms with Gasteiger partial charge in [0.2, 0.25) is 0 Å². The van der Waals surface area contributed by atoms with Gasteiger partial charge in [0.25, 0.3) is 0 Å². The first-order valence-corrected chi connectivity index (χ1v) is 15.3. The summed E-state index contributed by atoms with van der Waals surface area (Å²) >= 11 is 6.59. The average Bonchev–Trinajstić information content (AvgIpc) is 2.82. The summed E-state index contributed by atoms with van der Waals surface area (Å²) in [5, 5.41) is 9.90. The number of alkyl halides is 1. The van der Waals surface area contributed by atoms with Crippen LogP contribution >= 0.6 is 11.6 Å². The van der Waals surface area contributed by atoms with E-state index in [1.54, 1.807) is 0 Å². The van der Waals surface area contributed by atoms with E-state index in [9.17, 15) is 14.7 Å². The van der Waals surface area contributed by atoms with E-state index in [-0.39, 0.29) is 12.0 Å². The number of rotatable bonds is 16. The first-order valence-electron chi connectivity index (χ1n) is 14.9. The van der Waals surface area contributed by atoms with Crippen molar-refractivity contribution in [2.75, 3.05) is 0 Å². The Morgan fingerprint density at radius 1 is 0.974 bits per heavy atom. The van der Waals surface area contributed by atoms with E-state index in [0.29, 0.717) is 11.8 Å². The zero-order valence-electron chi connectivity index (χ0n) is 25.3. The van der Waals surface area contributed by atoms with Gasteiger partial charge in [-0.3, -0.25) is 0 Å². The van der Waals surface area contributed by atoms with E-state index >= 15 is 0 Å². The van der Waals surface area contributed by atoms with Crippen LogP contribution in [0.15, 0.2) is 0 Å². The first-order chi connectivity index (χ1) is 17.8. The lowest BCUT2D eigenvalue weighted by molar-refractivity contribution is -0.141. The van der Waals surface area contributed by atoms with Crippen LogP contribution < -0.4 is 4.74 Å². The molecule has 2 rings (SSSR count). The molecule has 0 spiro atoms. The van der Waals surface area contributed by atoms with Crippen molar-refractivity contribution < 1.29 is 19.4 Å². The van der Waals surface area contributed by atoms with Gasteiger partial charge in [0.05, 0.1) is 0 Å². The molecule has 1 aliphatic rings. The zero-order chi connectivity index (χ0) is 28.7. The predicted molar refractivity (Wildman–Crippen MR) is 159 cm³/mol. The molecule has 0 aromatic heterocycles. The number of fused-ring (bicyclic) bond motifs is 1. The van der Waals surface area contributed by atoms with Crippen molar-refractivity contribution in [1.29, 1.82) is 0 Å². The maximum atomic E-state index is 12.1. The van der Waals surface area contributed by atoms with Crippen LogP contribution in [-0.2, 0) is 20.9 Å². The van der Waals surface area contributed by atoms with Gasteiger partial charge in [-0.2, -0.15) is 0 Å². The third-order valence-corrected chi connectivity index (χ3v) is 9.51. The fourth-order valence-electron chi connectivity index (χ4n) is 6.30. The molecule has 4 unspecified atom stereocenters. The number of hydrogen-bond donors (Lipinski definition) is 1. The monoisotopic (exact) mass is 548 g/mol. The van der Waals surface area contributed by atoms with Gasteiger partial charge in [-0.05, 0) is 98.9 Å². The van der Waals surface area contributed by atoms with E-state index in [2.05, 4.69) is 34.6 Å². The van der Waals surface area contributed by atoms with Crippen LogP contribution in [0.4, 0.5) is 0 Å². The highest BCUT2D eigenvalue weighted by Crippen LogP contribution is 2.47. The van der Waals surface area contributed by atoms with Crippen molar-refractivity contribution in [1.82, 2.24) is 0 Å². The number of carboxylic acids is 1. The Kier molecular flexibility index (Phi) is 12.2. The van der Waals surface area contributed by atoms with Crippen LogP contribution in [-0.4, -0.2) is 23.0 Å². The lowest BCUT2D eigenvalue weighted by Crippen LogP contribution is -2.38. The lowest BCUT2D eigenvalue weighted by Gasteiger charge is -2.39. The molecular weight excluding hydrogens is 496 g/mol. The van der Waals surface area contributed by atoms with Crippen LogP contribution in [0.5, 0.6) is 5.75 Å². The Hall–Kier alpha value is -1.55. The number of hydrogen-bond acceptors (Lipinski definition) is 3. The molecule has 0 fully saturated rings. The molecule has 1 N–H and O–H groups in total. The Morgan fingerprint density at radius 2 is 1.53 bits per heavy atom. The molecule has 216 valence electrons. The van der Waals surface area contributed by atoms with Gasteiger partial charge in [-0.25, -0.2) is 4.79 Å². The molecule has 0 aliphatic carbocycles. The topological polar surface area (TPSA) is 63.6 Å². The van der Waals surface area contributed by atoms with Crippen molar-refractivity contribution in [3.05, 3.63) is 27.8 Å². The number of aldehydes is 1. The molecule has 1 heterocycles. The van der Waals surface area contributed by atoms with Crippen LogP contribution in [0, 0.1) is 38.5 Å². The SMILES string of the molecule is Cc1c(C)c(C(Cl)(CC=O)C(=O)O)c(C)c2c1OC(C)(CCCC(C)CCCC(C)CCCC(C)C)CC2. The highest BCUT2D eigenvalue weighted by atomic mass is 35.5. The second-order valence-corrected chi connectivity index (χ2v) is 13.6. The second kappa shape index (κ2) is 14.2. The smallest absolute Gasteiger partial charge is 0.329 e. The Labute approximate surface area is 237 Å². The second-order valence-electron chi connectivity index (χ2n) is 12.9. The summed E-state index contributed by atoms with van der Waals surface area (Å²) < 4.78 is 6.69. The van der Waals surface area contributed by atoms with E-state index in [1.165, 1.54) is 44.9 Å².